The van der Waals surface area contributed by atoms with Crippen LogP contribution in [0.1, 0.15) is 33.5 Å². The molecule has 0 atom stereocenters. The van der Waals surface area contributed by atoms with Crippen LogP contribution in [0.4, 0.5) is 11.4 Å². The van der Waals surface area contributed by atoms with Crippen molar-refractivity contribution in [1.82, 2.24) is 19.6 Å². The summed E-state index contributed by atoms with van der Waals surface area (Å²) >= 11 is 6.03. The molecule has 0 bridgehead atoms. The van der Waals surface area contributed by atoms with Gasteiger partial charge >= 0.3 is 0 Å². The molecule has 2 amide bonds. The van der Waals surface area contributed by atoms with Gasteiger partial charge in [0.1, 0.15) is 11.4 Å². The molecular weight excluding hydrogens is 456 g/mol. The lowest BCUT2D eigenvalue weighted by atomic mass is 10.2. The zero-order valence-corrected chi connectivity index (χ0v) is 19.4. The first kappa shape index (κ1) is 23.1. The number of anilines is 2. The van der Waals surface area contributed by atoms with Crippen LogP contribution in [0, 0.1) is 6.92 Å². The van der Waals surface area contributed by atoms with Gasteiger partial charge in [-0.3, -0.25) is 14.3 Å². The number of hydrogen-bond donors (Lipinski definition) is 2. The Morgan fingerprint density at radius 1 is 1.03 bits per heavy atom. The first-order valence-corrected chi connectivity index (χ1v) is 11.0. The van der Waals surface area contributed by atoms with Crippen LogP contribution in [-0.4, -0.2) is 31.4 Å². The lowest BCUT2D eigenvalue weighted by Crippen LogP contribution is -2.18. The maximum Gasteiger partial charge on any atom is 0.276 e. The molecule has 2 heterocycles. The van der Waals surface area contributed by atoms with Crippen LogP contribution < -0.4 is 15.4 Å². The molecule has 0 aliphatic rings. The molecular formula is C24H23ClN6O3. The van der Waals surface area contributed by atoms with E-state index >= 15 is 0 Å². The van der Waals surface area contributed by atoms with Gasteiger partial charge in [0.05, 0.1) is 0 Å². The number of aromatic nitrogens is 4. The molecule has 2 aromatic heterocycles. The second-order valence-electron chi connectivity index (χ2n) is 7.45. The maximum atomic E-state index is 12.6. The first-order valence-electron chi connectivity index (χ1n) is 10.6. The number of hydrogen-bond acceptors (Lipinski definition) is 5. The summed E-state index contributed by atoms with van der Waals surface area (Å²) in [6.45, 7) is 4.53. The van der Waals surface area contributed by atoms with Gasteiger partial charge in [0.2, 0.25) is 0 Å². The quantitative estimate of drug-likeness (QED) is 0.385. The third-order valence-electron chi connectivity index (χ3n) is 4.99. The Morgan fingerprint density at radius 2 is 1.79 bits per heavy atom. The van der Waals surface area contributed by atoms with E-state index in [1.807, 2.05) is 19.9 Å². The van der Waals surface area contributed by atoms with Crippen LogP contribution in [0.25, 0.3) is 0 Å². The minimum atomic E-state index is -0.381. The van der Waals surface area contributed by atoms with Crippen molar-refractivity contribution < 1.29 is 14.3 Å². The van der Waals surface area contributed by atoms with Crippen molar-refractivity contribution in [3.8, 4) is 5.75 Å². The normalized spacial score (nSPS) is 10.7. The molecule has 0 fully saturated rings. The SMILES string of the molecule is CCn1nccc1C(=O)Nc1cccc(NC(=O)c2ccn(COc3ccc(Cl)c(C)c3)n2)c1. The lowest BCUT2D eigenvalue weighted by Gasteiger charge is -2.09. The molecule has 0 saturated carbocycles. The Hall–Kier alpha value is -4.11. The summed E-state index contributed by atoms with van der Waals surface area (Å²) in [5.74, 6) is -0.00433. The molecule has 174 valence electrons. The molecule has 4 rings (SSSR count). The Labute approximate surface area is 201 Å². The molecule has 0 saturated heterocycles. The monoisotopic (exact) mass is 478 g/mol. The topological polar surface area (TPSA) is 103 Å². The van der Waals surface area contributed by atoms with Crippen molar-refractivity contribution in [1.29, 1.82) is 0 Å². The molecule has 0 radical (unpaired) electrons. The largest absolute Gasteiger partial charge is 0.471 e. The van der Waals surface area contributed by atoms with Crippen molar-refractivity contribution in [2.45, 2.75) is 27.1 Å². The van der Waals surface area contributed by atoms with Crippen molar-refractivity contribution in [3.05, 3.63) is 89.0 Å². The molecule has 34 heavy (non-hydrogen) atoms. The van der Waals surface area contributed by atoms with Gasteiger partial charge in [-0.15, -0.1) is 0 Å². The number of carbonyl (C=O) groups is 2. The fourth-order valence-corrected chi connectivity index (χ4v) is 3.36. The van der Waals surface area contributed by atoms with Gasteiger partial charge < -0.3 is 15.4 Å². The Morgan fingerprint density at radius 3 is 2.53 bits per heavy atom. The van der Waals surface area contributed by atoms with Gasteiger partial charge in [-0.25, -0.2) is 4.68 Å². The Kier molecular flexibility index (Phi) is 6.93. The third kappa shape index (κ3) is 5.44. The predicted molar refractivity (Wildman–Crippen MR) is 129 cm³/mol. The van der Waals surface area contributed by atoms with E-state index in [0.717, 1.165) is 5.56 Å². The molecule has 0 aliphatic heterocycles. The third-order valence-corrected chi connectivity index (χ3v) is 5.42. The van der Waals surface area contributed by atoms with Crippen LogP contribution in [0.3, 0.4) is 0 Å². The Balaban J connectivity index is 1.36. The van der Waals surface area contributed by atoms with E-state index in [1.54, 1.807) is 65.6 Å². The van der Waals surface area contributed by atoms with Crippen molar-refractivity contribution in [3.63, 3.8) is 0 Å². The number of benzene rings is 2. The summed E-state index contributed by atoms with van der Waals surface area (Å²) in [7, 11) is 0. The number of rotatable bonds is 8. The second-order valence-corrected chi connectivity index (χ2v) is 7.85. The van der Waals surface area contributed by atoms with Crippen molar-refractivity contribution in [2.75, 3.05) is 10.6 Å². The summed E-state index contributed by atoms with van der Waals surface area (Å²) in [5.41, 5.74) is 2.67. The van der Waals surface area contributed by atoms with Crippen molar-refractivity contribution >= 4 is 34.8 Å². The average molecular weight is 479 g/mol. The second kappa shape index (κ2) is 10.2. The maximum absolute atomic E-state index is 12.6. The standard InChI is InChI=1S/C24H23ClN6O3/c1-3-31-22(9-11-26-31)24(33)28-18-6-4-5-17(14-18)27-23(32)21-10-12-30(29-21)15-34-19-7-8-20(25)16(2)13-19/h4-14H,3,15H2,1-2H3,(H,27,32)(H,28,33). The molecule has 10 heteroatoms. The van der Waals surface area contributed by atoms with E-state index in [2.05, 4.69) is 20.8 Å². The van der Waals surface area contributed by atoms with E-state index in [4.69, 9.17) is 16.3 Å². The van der Waals surface area contributed by atoms with E-state index < -0.39 is 0 Å². The highest BCUT2D eigenvalue weighted by molar-refractivity contribution is 6.31. The molecule has 0 spiro atoms. The van der Waals surface area contributed by atoms with Gasteiger partial charge in [-0.1, -0.05) is 17.7 Å². The van der Waals surface area contributed by atoms with E-state index in [9.17, 15) is 9.59 Å². The number of ether oxygens (including phenoxy) is 1. The zero-order valence-electron chi connectivity index (χ0n) is 18.7. The van der Waals surface area contributed by atoms with Gasteiger partial charge in [-0.2, -0.15) is 10.2 Å². The molecule has 4 aromatic rings. The zero-order chi connectivity index (χ0) is 24.1. The average Bonchev–Trinajstić information content (AvgIpc) is 3.50. The highest BCUT2D eigenvalue weighted by Crippen LogP contribution is 2.21. The molecule has 9 nitrogen and oxygen atoms in total. The van der Waals surface area contributed by atoms with Crippen LogP contribution in [0.2, 0.25) is 5.02 Å². The molecule has 2 N–H and O–H groups in total. The summed E-state index contributed by atoms with van der Waals surface area (Å²) in [5, 5.41) is 14.6. The highest BCUT2D eigenvalue weighted by atomic mass is 35.5. The number of nitrogens with zero attached hydrogens (tertiary/aromatic N) is 4. The van der Waals surface area contributed by atoms with Crippen LogP contribution in [0.15, 0.2) is 67.0 Å². The smallest absolute Gasteiger partial charge is 0.276 e. The van der Waals surface area contributed by atoms with Gasteiger partial charge in [-0.05, 0) is 67.9 Å². The van der Waals surface area contributed by atoms with E-state index in [0.29, 0.717) is 34.4 Å². The van der Waals surface area contributed by atoms with Gasteiger partial charge in [0.15, 0.2) is 12.4 Å². The fourth-order valence-electron chi connectivity index (χ4n) is 3.24. The predicted octanol–water partition coefficient (Wildman–Crippen LogP) is 4.60. The molecule has 0 aliphatic carbocycles. The van der Waals surface area contributed by atoms with Crippen molar-refractivity contribution in [2.24, 2.45) is 0 Å². The minimum absolute atomic E-state index is 0.143. The number of nitrogens with one attached hydrogen (secondary N) is 2. The number of halogens is 1. The van der Waals surface area contributed by atoms with Gasteiger partial charge in [0, 0.05) is 35.3 Å². The van der Waals surface area contributed by atoms with E-state index in [1.165, 1.54) is 4.68 Å². The Bertz CT molecular complexity index is 1330. The molecule has 2 aromatic carbocycles. The fraction of sp³-hybridized carbons (Fsp3) is 0.167. The first-order chi connectivity index (χ1) is 16.4. The van der Waals surface area contributed by atoms with E-state index in [-0.39, 0.29) is 24.2 Å². The van der Waals surface area contributed by atoms with Crippen LogP contribution in [-0.2, 0) is 13.3 Å². The van der Waals surface area contributed by atoms with Crippen LogP contribution in [0.5, 0.6) is 5.75 Å². The number of amides is 2. The summed E-state index contributed by atoms with van der Waals surface area (Å²) in [4.78, 5) is 25.2. The highest BCUT2D eigenvalue weighted by Gasteiger charge is 2.13. The number of aryl methyl sites for hydroxylation is 2. The number of carbonyl (C=O) groups excluding carboxylic acids is 2. The summed E-state index contributed by atoms with van der Waals surface area (Å²) < 4.78 is 8.83. The van der Waals surface area contributed by atoms with Gasteiger partial charge in [0.25, 0.3) is 11.8 Å². The minimum Gasteiger partial charge on any atom is -0.471 e. The lowest BCUT2D eigenvalue weighted by molar-refractivity contribution is 0.101. The summed E-state index contributed by atoms with van der Waals surface area (Å²) in [6, 6.07) is 15.5. The van der Waals surface area contributed by atoms with Crippen LogP contribution >= 0.6 is 11.6 Å². The summed E-state index contributed by atoms with van der Waals surface area (Å²) in [6.07, 6.45) is 3.24. The molecule has 0 unspecified atom stereocenters.